The fraction of sp³-hybridized carbons (Fsp3) is 0.714. The van der Waals surface area contributed by atoms with Gasteiger partial charge in [-0.1, -0.05) is 0 Å². The molecule has 17 heavy (non-hydrogen) atoms. The summed E-state index contributed by atoms with van der Waals surface area (Å²) >= 11 is 0. The zero-order valence-corrected chi connectivity index (χ0v) is 10.7. The maximum atomic E-state index is 5.35. The zero-order chi connectivity index (χ0) is 11.9. The van der Waals surface area contributed by atoms with Crippen LogP contribution in [0.3, 0.4) is 0 Å². The molecule has 1 aromatic rings. The van der Waals surface area contributed by atoms with Gasteiger partial charge < -0.3 is 15.1 Å². The quantitative estimate of drug-likeness (QED) is 0.795. The Hall–Kier alpha value is -0.800. The molecule has 2 rings (SSSR count). The minimum Gasteiger partial charge on any atom is -0.469 e. The maximum absolute atomic E-state index is 5.35. The van der Waals surface area contributed by atoms with E-state index in [0.717, 1.165) is 24.6 Å². The Labute approximate surface area is 104 Å². The lowest BCUT2D eigenvalue weighted by molar-refractivity contribution is 0.340. The van der Waals surface area contributed by atoms with Gasteiger partial charge in [0.25, 0.3) is 0 Å². The van der Waals surface area contributed by atoms with Crippen molar-refractivity contribution in [3.8, 4) is 0 Å². The lowest BCUT2D eigenvalue weighted by Crippen LogP contribution is -2.33. The first-order chi connectivity index (χ1) is 8.34. The summed E-state index contributed by atoms with van der Waals surface area (Å²) in [5, 5.41) is 7.00. The molecular weight excluding hydrogens is 212 g/mol. The lowest BCUT2D eigenvalue weighted by Gasteiger charge is -2.23. The molecule has 3 nitrogen and oxygen atoms in total. The van der Waals surface area contributed by atoms with Crippen molar-refractivity contribution < 1.29 is 4.42 Å². The van der Waals surface area contributed by atoms with Crippen LogP contribution >= 0.6 is 0 Å². The molecule has 0 saturated carbocycles. The SMILES string of the molecule is CC(Cc1ccco1)NCCC1CCNCC1. The van der Waals surface area contributed by atoms with Crippen molar-refractivity contribution in [2.24, 2.45) is 5.92 Å². The van der Waals surface area contributed by atoms with Crippen LogP contribution in [-0.2, 0) is 6.42 Å². The Bertz CT molecular complexity index is 291. The molecule has 3 heteroatoms. The first kappa shape index (κ1) is 12.7. The molecular formula is C14H24N2O. The second-order valence-electron chi connectivity index (χ2n) is 5.12. The summed E-state index contributed by atoms with van der Waals surface area (Å²) in [5.74, 6) is 1.99. The molecule has 0 amide bonds. The first-order valence-electron chi connectivity index (χ1n) is 6.81. The molecule has 1 fully saturated rings. The van der Waals surface area contributed by atoms with E-state index in [4.69, 9.17) is 4.42 Å². The third-order valence-electron chi connectivity index (χ3n) is 3.59. The second-order valence-corrected chi connectivity index (χ2v) is 5.12. The predicted octanol–water partition coefficient (Wildman–Crippen LogP) is 2.19. The number of hydrogen-bond acceptors (Lipinski definition) is 3. The van der Waals surface area contributed by atoms with E-state index in [1.54, 1.807) is 6.26 Å². The average molecular weight is 236 g/mol. The van der Waals surface area contributed by atoms with Crippen LogP contribution in [0.5, 0.6) is 0 Å². The summed E-state index contributed by atoms with van der Waals surface area (Å²) in [6.45, 7) is 5.76. The van der Waals surface area contributed by atoms with Gasteiger partial charge in [0.2, 0.25) is 0 Å². The van der Waals surface area contributed by atoms with E-state index in [1.807, 2.05) is 12.1 Å². The van der Waals surface area contributed by atoms with Gasteiger partial charge in [0.1, 0.15) is 5.76 Å². The van der Waals surface area contributed by atoms with Crippen molar-refractivity contribution in [1.29, 1.82) is 0 Å². The van der Waals surface area contributed by atoms with Crippen LogP contribution in [0, 0.1) is 5.92 Å². The van der Waals surface area contributed by atoms with Gasteiger partial charge in [0.05, 0.1) is 6.26 Å². The Balaban J connectivity index is 1.58. The molecule has 0 aliphatic carbocycles. The largest absolute Gasteiger partial charge is 0.469 e. The molecule has 1 aromatic heterocycles. The van der Waals surface area contributed by atoms with E-state index in [0.29, 0.717) is 6.04 Å². The number of rotatable bonds is 6. The van der Waals surface area contributed by atoms with E-state index >= 15 is 0 Å². The van der Waals surface area contributed by atoms with Crippen LogP contribution in [-0.4, -0.2) is 25.7 Å². The van der Waals surface area contributed by atoms with Gasteiger partial charge in [-0.3, -0.25) is 0 Å². The molecule has 1 saturated heterocycles. The van der Waals surface area contributed by atoms with Gasteiger partial charge in [-0.2, -0.15) is 0 Å². The summed E-state index contributed by atoms with van der Waals surface area (Å²) in [5.41, 5.74) is 0. The lowest BCUT2D eigenvalue weighted by atomic mass is 9.94. The monoisotopic (exact) mass is 236 g/mol. The van der Waals surface area contributed by atoms with Crippen LogP contribution in [0.4, 0.5) is 0 Å². The van der Waals surface area contributed by atoms with Crippen molar-refractivity contribution in [2.75, 3.05) is 19.6 Å². The van der Waals surface area contributed by atoms with Gasteiger partial charge in [-0.15, -0.1) is 0 Å². The minimum atomic E-state index is 0.503. The summed E-state index contributed by atoms with van der Waals surface area (Å²) in [6.07, 6.45) is 6.73. The highest BCUT2D eigenvalue weighted by atomic mass is 16.3. The Morgan fingerprint density at radius 3 is 3.00 bits per heavy atom. The normalized spacial score (nSPS) is 19.4. The molecule has 0 aromatic carbocycles. The molecule has 2 N–H and O–H groups in total. The number of nitrogens with one attached hydrogen (secondary N) is 2. The van der Waals surface area contributed by atoms with E-state index in [9.17, 15) is 0 Å². The number of furan rings is 1. The van der Waals surface area contributed by atoms with Crippen molar-refractivity contribution in [3.63, 3.8) is 0 Å². The van der Waals surface area contributed by atoms with E-state index in [-0.39, 0.29) is 0 Å². The molecule has 1 unspecified atom stereocenters. The summed E-state index contributed by atoms with van der Waals surface area (Å²) in [6, 6.07) is 4.50. The first-order valence-corrected chi connectivity index (χ1v) is 6.81. The van der Waals surface area contributed by atoms with Gasteiger partial charge in [-0.05, 0) is 63.9 Å². The highest BCUT2D eigenvalue weighted by molar-refractivity contribution is 4.99. The van der Waals surface area contributed by atoms with Gasteiger partial charge in [0.15, 0.2) is 0 Å². The third-order valence-corrected chi connectivity index (χ3v) is 3.59. The summed E-state index contributed by atoms with van der Waals surface area (Å²) < 4.78 is 5.35. The molecule has 2 heterocycles. The summed E-state index contributed by atoms with van der Waals surface area (Å²) in [4.78, 5) is 0. The van der Waals surface area contributed by atoms with E-state index < -0.39 is 0 Å². The smallest absolute Gasteiger partial charge is 0.105 e. The van der Waals surface area contributed by atoms with E-state index in [2.05, 4.69) is 17.6 Å². The Kier molecular flexibility index (Phi) is 5.08. The molecule has 1 aliphatic heterocycles. The molecule has 0 radical (unpaired) electrons. The number of hydrogen-bond donors (Lipinski definition) is 2. The second kappa shape index (κ2) is 6.82. The fourth-order valence-electron chi connectivity index (χ4n) is 2.51. The Morgan fingerprint density at radius 2 is 2.29 bits per heavy atom. The zero-order valence-electron chi connectivity index (χ0n) is 10.7. The van der Waals surface area contributed by atoms with Crippen LogP contribution in [0.1, 0.15) is 31.9 Å². The fourth-order valence-corrected chi connectivity index (χ4v) is 2.51. The average Bonchev–Trinajstić information content (AvgIpc) is 2.83. The Morgan fingerprint density at radius 1 is 1.47 bits per heavy atom. The number of piperidine rings is 1. The molecule has 1 aliphatic rings. The molecule has 0 bridgehead atoms. The van der Waals surface area contributed by atoms with Gasteiger partial charge >= 0.3 is 0 Å². The van der Waals surface area contributed by atoms with Gasteiger partial charge in [0, 0.05) is 12.5 Å². The van der Waals surface area contributed by atoms with Crippen LogP contribution in [0.25, 0.3) is 0 Å². The predicted molar refractivity (Wildman–Crippen MR) is 70.1 cm³/mol. The third kappa shape index (κ3) is 4.52. The van der Waals surface area contributed by atoms with Crippen molar-refractivity contribution >= 4 is 0 Å². The highest BCUT2D eigenvalue weighted by Gasteiger charge is 2.13. The maximum Gasteiger partial charge on any atom is 0.105 e. The van der Waals surface area contributed by atoms with Crippen molar-refractivity contribution in [3.05, 3.63) is 24.2 Å². The topological polar surface area (TPSA) is 37.2 Å². The van der Waals surface area contributed by atoms with Crippen molar-refractivity contribution in [2.45, 2.75) is 38.6 Å². The van der Waals surface area contributed by atoms with Crippen LogP contribution in [0.2, 0.25) is 0 Å². The van der Waals surface area contributed by atoms with Gasteiger partial charge in [-0.25, -0.2) is 0 Å². The molecule has 0 spiro atoms. The standard InChI is InChI=1S/C14H24N2O/c1-12(11-14-3-2-10-17-14)16-9-6-13-4-7-15-8-5-13/h2-3,10,12-13,15-16H,4-9,11H2,1H3. The molecule has 96 valence electrons. The highest BCUT2D eigenvalue weighted by Crippen LogP contribution is 2.15. The van der Waals surface area contributed by atoms with Crippen LogP contribution in [0.15, 0.2) is 22.8 Å². The summed E-state index contributed by atoms with van der Waals surface area (Å²) in [7, 11) is 0. The van der Waals surface area contributed by atoms with E-state index in [1.165, 1.54) is 32.4 Å². The van der Waals surface area contributed by atoms with Crippen molar-refractivity contribution in [1.82, 2.24) is 10.6 Å². The minimum absolute atomic E-state index is 0.503. The van der Waals surface area contributed by atoms with Crippen LogP contribution < -0.4 is 10.6 Å². The molecule has 1 atom stereocenters.